The summed E-state index contributed by atoms with van der Waals surface area (Å²) in [5.74, 6) is 1.53. The third-order valence-electron chi connectivity index (χ3n) is 3.59. The van der Waals surface area contributed by atoms with E-state index in [0.717, 1.165) is 6.29 Å². The standard InChI is InChI=1S/C17H14BrN3O3/c18-14-9-12(11-22)1-3-15(14)24-16-4-2-13(10-19)17(20-16)21-5-7-23-8-6-21/h1-4,9,11H,5-8H2. The van der Waals surface area contributed by atoms with Crippen molar-refractivity contribution in [2.24, 2.45) is 0 Å². The number of carbonyl (C=O) groups is 1. The molecule has 24 heavy (non-hydrogen) atoms. The van der Waals surface area contributed by atoms with Crippen LogP contribution in [0.1, 0.15) is 15.9 Å². The molecular weight excluding hydrogens is 374 g/mol. The van der Waals surface area contributed by atoms with Crippen molar-refractivity contribution in [3.05, 3.63) is 45.9 Å². The van der Waals surface area contributed by atoms with Gasteiger partial charge in [0.1, 0.15) is 18.1 Å². The first-order chi connectivity index (χ1) is 11.7. The topological polar surface area (TPSA) is 75.5 Å². The lowest BCUT2D eigenvalue weighted by Crippen LogP contribution is -2.37. The van der Waals surface area contributed by atoms with Gasteiger partial charge in [0.15, 0.2) is 5.82 Å². The fraction of sp³-hybridized carbons (Fsp3) is 0.235. The first-order valence-corrected chi connectivity index (χ1v) is 8.17. The second-order valence-electron chi connectivity index (χ2n) is 5.14. The van der Waals surface area contributed by atoms with Gasteiger partial charge in [-0.1, -0.05) is 0 Å². The summed E-state index contributed by atoms with van der Waals surface area (Å²) < 4.78 is 11.8. The molecule has 7 heteroatoms. The molecule has 6 nitrogen and oxygen atoms in total. The molecule has 0 atom stereocenters. The molecule has 1 aromatic heterocycles. The summed E-state index contributed by atoms with van der Waals surface area (Å²) in [6.07, 6.45) is 0.769. The SMILES string of the molecule is N#Cc1ccc(Oc2ccc(C=O)cc2Br)nc1N1CCOCC1. The van der Waals surface area contributed by atoms with Crippen molar-refractivity contribution in [2.45, 2.75) is 0 Å². The molecule has 0 spiro atoms. The Morgan fingerprint density at radius 2 is 2.08 bits per heavy atom. The Hall–Kier alpha value is -2.43. The van der Waals surface area contributed by atoms with Gasteiger partial charge < -0.3 is 14.4 Å². The molecule has 0 bridgehead atoms. The molecule has 0 saturated carbocycles. The van der Waals surface area contributed by atoms with E-state index >= 15 is 0 Å². The molecule has 3 rings (SSSR count). The van der Waals surface area contributed by atoms with E-state index in [4.69, 9.17) is 9.47 Å². The fourth-order valence-electron chi connectivity index (χ4n) is 2.38. The normalized spacial score (nSPS) is 14.1. The van der Waals surface area contributed by atoms with Gasteiger partial charge in [0.05, 0.1) is 23.2 Å². The highest BCUT2D eigenvalue weighted by molar-refractivity contribution is 9.10. The number of halogens is 1. The number of rotatable bonds is 4. The van der Waals surface area contributed by atoms with Gasteiger partial charge in [-0.05, 0) is 40.2 Å². The summed E-state index contributed by atoms with van der Waals surface area (Å²) in [6.45, 7) is 2.58. The molecule has 2 aromatic rings. The molecule has 1 aromatic carbocycles. The molecule has 0 N–H and O–H groups in total. The Balaban J connectivity index is 1.89. The molecular formula is C17H14BrN3O3. The molecule has 1 aliphatic rings. The molecule has 1 fully saturated rings. The molecule has 122 valence electrons. The van der Waals surface area contributed by atoms with Crippen molar-refractivity contribution in [3.8, 4) is 17.7 Å². The number of aromatic nitrogens is 1. The van der Waals surface area contributed by atoms with Gasteiger partial charge in [-0.3, -0.25) is 4.79 Å². The van der Waals surface area contributed by atoms with E-state index in [1.54, 1.807) is 30.3 Å². The van der Waals surface area contributed by atoms with Crippen molar-refractivity contribution in [3.63, 3.8) is 0 Å². The van der Waals surface area contributed by atoms with Crippen LogP contribution < -0.4 is 9.64 Å². The molecule has 0 radical (unpaired) electrons. The van der Waals surface area contributed by atoms with Crippen LogP contribution in [0.25, 0.3) is 0 Å². The van der Waals surface area contributed by atoms with Crippen LogP contribution in [0.2, 0.25) is 0 Å². The summed E-state index contributed by atoms with van der Waals surface area (Å²) >= 11 is 3.38. The minimum atomic E-state index is 0.384. The highest BCUT2D eigenvalue weighted by atomic mass is 79.9. The Morgan fingerprint density at radius 3 is 2.75 bits per heavy atom. The van der Waals surface area contributed by atoms with Crippen LogP contribution in [0.3, 0.4) is 0 Å². The van der Waals surface area contributed by atoms with E-state index in [2.05, 4.69) is 27.0 Å². The van der Waals surface area contributed by atoms with Gasteiger partial charge in [-0.15, -0.1) is 0 Å². The van der Waals surface area contributed by atoms with E-state index in [-0.39, 0.29) is 0 Å². The number of carbonyl (C=O) groups excluding carboxylic acids is 1. The largest absolute Gasteiger partial charge is 0.438 e. The van der Waals surface area contributed by atoms with Gasteiger partial charge in [-0.2, -0.15) is 10.2 Å². The Labute approximate surface area is 147 Å². The molecule has 0 aliphatic carbocycles. The number of hydrogen-bond acceptors (Lipinski definition) is 6. The molecule has 1 saturated heterocycles. The quantitative estimate of drug-likeness (QED) is 0.750. The lowest BCUT2D eigenvalue weighted by Gasteiger charge is -2.28. The van der Waals surface area contributed by atoms with Crippen LogP contribution >= 0.6 is 15.9 Å². The average molecular weight is 388 g/mol. The third-order valence-corrected chi connectivity index (χ3v) is 4.21. The zero-order valence-corrected chi connectivity index (χ0v) is 14.3. The number of aldehydes is 1. The fourth-order valence-corrected chi connectivity index (χ4v) is 2.85. The average Bonchev–Trinajstić information content (AvgIpc) is 2.64. The number of anilines is 1. The van der Waals surface area contributed by atoms with Crippen molar-refractivity contribution < 1.29 is 14.3 Å². The zero-order valence-electron chi connectivity index (χ0n) is 12.7. The first kappa shape index (κ1) is 16.4. The second-order valence-corrected chi connectivity index (χ2v) is 6.00. The minimum Gasteiger partial charge on any atom is -0.438 e. The monoisotopic (exact) mass is 387 g/mol. The number of benzene rings is 1. The summed E-state index contributed by atoms with van der Waals surface area (Å²) in [6, 6.07) is 10.6. The van der Waals surface area contributed by atoms with Crippen molar-refractivity contribution >= 4 is 28.0 Å². The van der Waals surface area contributed by atoms with Crippen LogP contribution in [0.5, 0.6) is 11.6 Å². The number of morpholine rings is 1. The summed E-state index contributed by atoms with van der Waals surface area (Å²) in [5.41, 5.74) is 1.05. The number of hydrogen-bond donors (Lipinski definition) is 0. The lowest BCUT2D eigenvalue weighted by molar-refractivity contribution is 0.112. The Kier molecular flexibility index (Phi) is 5.08. The van der Waals surface area contributed by atoms with Gasteiger partial charge >= 0.3 is 0 Å². The van der Waals surface area contributed by atoms with Crippen molar-refractivity contribution in [1.82, 2.24) is 4.98 Å². The molecule has 0 amide bonds. The number of pyridine rings is 1. The smallest absolute Gasteiger partial charge is 0.221 e. The highest BCUT2D eigenvalue weighted by Gasteiger charge is 2.18. The van der Waals surface area contributed by atoms with Crippen LogP contribution in [-0.4, -0.2) is 37.6 Å². The van der Waals surface area contributed by atoms with E-state index in [1.807, 2.05) is 4.90 Å². The maximum atomic E-state index is 10.8. The molecule has 2 heterocycles. The van der Waals surface area contributed by atoms with Crippen LogP contribution in [0.15, 0.2) is 34.8 Å². The molecule has 1 aliphatic heterocycles. The predicted octanol–water partition coefficient (Wildman–Crippen LogP) is 3.16. The van der Waals surface area contributed by atoms with Crippen LogP contribution in [-0.2, 0) is 4.74 Å². The van der Waals surface area contributed by atoms with Gasteiger partial charge in [0.2, 0.25) is 5.88 Å². The maximum Gasteiger partial charge on any atom is 0.221 e. The lowest BCUT2D eigenvalue weighted by atomic mass is 10.2. The van der Waals surface area contributed by atoms with Gasteiger partial charge in [0.25, 0.3) is 0 Å². The van der Waals surface area contributed by atoms with Crippen LogP contribution in [0.4, 0.5) is 5.82 Å². The summed E-state index contributed by atoms with van der Waals surface area (Å²) in [5, 5.41) is 9.30. The second kappa shape index (κ2) is 7.43. The summed E-state index contributed by atoms with van der Waals surface area (Å²) in [7, 11) is 0. The highest BCUT2D eigenvalue weighted by Crippen LogP contribution is 2.31. The Bertz CT molecular complexity index is 798. The third kappa shape index (κ3) is 3.55. The Morgan fingerprint density at radius 1 is 1.29 bits per heavy atom. The van der Waals surface area contributed by atoms with E-state index < -0.39 is 0 Å². The van der Waals surface area contributed by atoms with Crippen molar-refractivity contribution in [1.29, 1.82) is 5.26 Å². The first-order valence-electron chi connectivity index (χ1n) is 7.37. The maximum absolute atomic E-state index is 10.8. The van der Waals surface area contributed by atoms with E-state index in [1.165, 1.54) is 0 Å². The molecule has 0 unspecified atom stereocenters. The van der Waals surface area contributed by atoms with E-state index in [0.29, 0.717) is 59.4 Å². The van der Waals surface area contributed by atoms with Gasteiger partial charge in [0, 0.05) is 24.7 Å². The number of nitrogens with zero attached hydrogens (tertiary/aromatic N) is 3. The number of nitriles is 1. The van der Waals surface area contributed by atoms with Crippen molar-refractivity contribution in [2.75, 3.05) is 31.2 Å². The number of ether oxygens (including phenoxy) is 2. The zero-order chi connectivity index (χ0) is 16.9. The van der Waals surface area contributed by atoms with E-state index in [9.17, 15) is 10.1 Å². The predicted molar refractivity (Wildman–Crippen MR) is 91.6 cm³/mol. The minimum absolute atomic E-state index is 0.384. The van der Waals surface area contributed by atoms with Gasteiger partial charge in [-0.25, -0.2) is 0 Å². The van der Waals surface area contributed by atoms with Crippen LogP contribution in [0, 0.1) is 11.3 Å². The summed E-state index contributed by atoms with van der Waals surface area (Å²) in [4.78, 5) is 17.3.